The molecule has 0 radical (unpaired) electrons. The van der Waals surface area contributed by atoms with E-state index in [1.165, 1.54) is 44.9 Å². The van der Waals surface area contributed by atoms with Crippen LogP contribution in [0.5, 0.6) is 0 Å². The molecule has 1 heterocycles. The number of hydrogen-bond donors (Lipinski definition) is 1. The predicted molar refractivity (Wildman–Crippen MR) is 75.7 cm³/mol. The van der Waals surface area contributed by atoms with E-state index in [0.717, 1.165) is 19.5 Å². The summed E-state index contributed by atoms with van der Waals surface area (Å²) >= 11 is 0. The number of rotatable bonds is 3. The summed E-state index contributed by atoms with van der Waals surface area (Å²) < 4.78 is 5.53. The van der Waals surface area contributed by atoms with Gasteiger partial charge in [-0.25, -0.2) is 0 Å². The molecule has 1 saturated carbocycles. The molecule has 2 N–H and O–H groups in total. The van der Waals surface area contributed by atoms with E-state index in [1.54, 1.807) is 0 Å². The van der Waals surface area contributed by atoms with Crippen LogP contribution in [0.1, 0.15) is 58.3 Å². The molecule has 2 rings (SSSR count). The van der Waals surface area contributed by atoms with Crippen LogP contribution in [0.25, 0.3) is 0 Å². The molecule has 2 atom stereocenters. The number of likely N-dealkylation sites (tertiary alicyclic amines) is 1. The van der Waals surface area contributed by atoms with E-state index >= 15 is 0 Å². The Bertz CT molecular complexity index is 249. The highest BCUT2D eigenvalue weighted by molar-refractivity contribution is 4.97. The van der Waals surface area contributed by atoms with Gasteiger partial charge in [-0.05, 0) is 32.6 Å². The van der Waals surface area contributed by atoms with Crippen LogP contribution in [-0.2, 0) is 4.74 Å². The van der Waals surface area contributed by atoms with Crippen molar-refractivity contribution >= 4 is 0 Å². The second-order valence-electron chi connectivity index (χ2n) is 6.27. The lowest BCUT2D eigenvalue weighted by molar-refractivity contribution is -0.0390. The van der Waals surface area contributed by atoms with Crippen molar-refractivity contribution in [2.24, 2.45) is 5.73 Å². The number of nitrogens with zero attached hydrogens (tertiary/aromatic N) is 1. The molecule has 0 amide bonds. The molecule has 0 spiro atoms. The monoisotopic (exact) mass is 254 g/mol. The van der Waals surface area contributed by atoms with Crippen molar-refractivity contribution in [2.75, 3.05) is 20.2 Å². The smallest absolute Gasteiger partial charge is 0.0598 e. The SMILES string of the molecule is COC1CCN(C2(CN)CCCCCC2)C(C)C1. The van der Waals surface area contributed by atoms with Crippen molar-refractivity contribution in [1.82, 2.24) is 4.90 Å². The van der Waals surface area contributed by atoms with E-state index in [0.29, 0.717) is 12.1 Å². The molecule has 1 saturated heterocycles. The highest BCUT2D eigenvalue weighted by Crippen LogP contribution is 2.36. The zero-order valence-corrected chi connectivity index (χ0v) is 12.2. The summed E-state index contributed by atoms with van der Waals surface area (Å²) in [6.07, 6.45) is 10.9. The molecule has 2 aliphatic rings. The minimum Gasteiger partial charge on any atom is -0.381 e. The lowest BCUT2D eigenvalue weighted by Crippen LogP contribution is -2.60. The summed E-state index contributed by atoms with van der Waals surface area (Å²) in [5, 5.41) is 0. The van der Waals surface area contributed by atoms with E-state index in [2.05, 4.69) is 11.8 Å². The van der Waals surface area contributed by atoms with Gasteiger partial charge in [0.25, 0.3) is 0 Å². The Morgan fingerprint density at radius 1 is 1.22 bits per heavy atom. The second kappa shape index (κ2) is 6.36. The van der Waals surface area contributed by atoms with E-state index in [-0.39, 0.29) is 5.54 Å². The van der Waals surface area contributed by atoms with E-state index in [1.807, 2.05) is 7.11 Å². The first kappa shape index (κ1) is 14.3. The fourth-order valence-corrected chi connectivity index (χ4v) is 4.04. The zero-order chi connectivity index (χ0) is 13.0. The average Bonchev–Trinajstić information content (AvgIpc) is 2.64. The molecule has 3 nitrogen and oxygen atoms in total. The third kappa shape index (κ3) is 2.89. The van der Waals surface area contributed by atoms with E-state index in [4.69, 9.17) is 10.5 Å². The molecule has 106 valence electrons. The van der Waals surface area contributed by atoms with Crippen LogP contribution in [0.3, 0.4) is 0 Å². The maximum Gasteiger partial charge on any atom is 0.0598 e. The molecular formula is C15H30N2O. The molecule has 0 aromatic rings. The van der Waals surface area contributed by atoms with Crippen molar-refractivity contribution in [1.29, 1.82) is 0 Å². The van der Waals surface area contributed by atoms with Gasteiger partial charge in [0.2, 0.25) is 0 Å². The summed E-state index contributed by atoms with van der Waals surface area (Å²) in [5.74, 6) is 0. The average molecular weight is 254 g/mol. The molecule has 0 aromatic carbocycles. The number of methoxy groups -OCH3 is 1. The normalized spacial score (nSPS) is 34.2. The Morgan fingerprint density at radius 3 is 2.39 bits per heavy atom. The Balaban J connectivity index is 2.06. The first-order chi connectivity index (χ1) is 8.72. The second-order valence-corrected chi connectivity index (χ2v) is 6.27. The molecular weight excluding hydrogens is 224 g/mol. The van der Waals surface area contributed by atoms with Crippen LogP contribution < -0.4 is 5.73 Å². The summed E-state index contributed by atoms with van der Waals surface area (Å²) in [6.45, 7) is 4.35. The number of ether oxygens (including phenoxy) is 1. The Labute approximate surface area is 112 Å². The number of piperidine rings is 1. The minimum atomic E-state index is 0.286. The molecule has 3 heteroatoms. The van der Waals surface area contributed by atoms with Gasteiger partial charge in [0.15, 0.2) is 0 Å². The van der Waals surface area contributed by atoms with Gasteiger partial charge in [-0.15, -0.1) is 0 Å². The van der Waals surface area contributed by atoms with E-state index < -0.39 is 0 Å². The highest BCUT2D eigenvalue weighted by atomic mass is 16.5. The topological polar surface area (TPSA) is 38.5 Å². The van der Waals surface area contributed by atoms with E-state index in [9.17, 15) is 0 Å². The molecule has 2 unspecified atom stereocenters. The largest absolute Gasteiger partial charge is 0.381 e. The fraction of sp³-hybridized carbons (Fsp3) is 1.00. The zero-order valence-electron chi connectivity index (χ0n) is 12.2. The third-order valence-corrected chi connectivity index (χ3v) is 5.18. The van der Waals surface area contributed by atoms with Gasteiger partial charge in [0.05, 0.1) is 6.10 Å². The maximum absolute atomic E-state index is 6.19. The Kier molecular flexibility index (Phi) is 5.05. The standard InChI is InChI=1S/C15H30N2O/c1-13-11-14(18-2)7-10-17(13)15(12-16)8-5-3-4-6-9-15/h13-14H,3-12,16H2,1-2H3. The van der Waals surface area contributed by atoms with Crippen LogP contribution in [0.2, 0.25) is 0 Å². The molecule has 1 aliphatic carbocycles. The van der Waals surface area contributed by atoms with Crippen LogP contribution in [0, 0.1) is 0 Å². The first-order valence-electron chi connectivity index (χ1n) is 7.71. The van der Waals surface area contributed by atoms with Gasteiger partial charge >= 0.3 is 0 Å². The van der Waals surface area contributed by atoms with Crippen LogP contribution >= 0.6 is 0 Å². The molecule has 18 heavy (non-hydrogen) atoms. The van der Waals surface area contributed by atoms with Crippen molar-refractivity contribution in [3.8, 4) is 0 Å². The predicted octanol–water partition coefficient (Wildman–Crippen LogP) is 2.54. The van der Waals surface area contributed by atoms with Crippen molar-refractivity contribution in [3.05, 3.63) is 0 Å². The van der Waals surface area contributed by atoms with Crippen molar-refractivity contribution in [2.45, 2.75) is 76.0 Å². The fourth-order valence-electron chi connectivity index (χ4n) is 4.04. The Morgan fingerprint density at radius 2 is 1.89 bits per heavy atom. The number of nitrogens with two attached hydrogens (primary N) is 1. The summed E-state index contributed by atoms with van der Waals surface area (Å²) in [4.78, 5) is 2.72. The van der Waals surface area contributed by atoms with Crippen LogP contribution in [0.4, 0.5) is 0 Å². The van der Waals surface area contributed by atoms with Gasteiger partial charge in [0, 0.05) is 31.8 Å². The number of hydrogen-bond acceptors (Lipinski definition) is 3. The third-order valence-electron chi connectivity index (χ3n) is 5.18. The lowest BCUT2D eigenvalue weighted by atomic mass is 9.84. The molecule has 0 aromatic heterocycles. The summed E-state index contributed by atoms with van der Waals surface area (Å²) in [7, 11) is 1.84. The van der Waals surface area contributed by atoms with Gasteiger partial charge in [-0.1, -0.05) is 25.7 Å². The van der Waals surface area contributed by atoms with Gasteiger partial charge in [-0.3, -0.25) is 4.90 Å². The van der Waals surface area contributed by atoms with Crippen molar-refractivity contribution in [3.63, 3.8) is 0 Å². The quantitative estimate of drug-likeness (QED) is 0.787. The Hall–Kier alpha value is -0.120. The molecule has 0 bridgehead atoms. The van der Waals surface area contributed by atoms with Crippen molar-refractivity contribution < 1.29 is 4.74 Å². The summed E-state index contributed by atoms with van der Waals surface area (Å²) in [5.41, 5.74) is 6.48. The van der Waals surface area contributed by atoms with Gasteiger partial charge < -0.3 is 10.5 Å². The van der Waals surface area contributed by atoms with Gasteiger partial charge in [0.1, 0.15) is 0 Å². The minimum absolute atomic E-state index is 0.286. The maximum atomic E-state index is 6.19. The van der Waals surface area contributed by atoms with Gasteiger partial charge in [-0.2, -0.15) is 0 Å². The van der Waals surface area contributed by atoms with Crippen LogP contribution in [-0.4, -0.2) is 42.8 Å². The lowest BCUT2D eigenvalue weighted by Gasteiger charge is -2.50. The summed E-state index contributed by atoms with van der Waals surface area (Å²) in [6, 6.07) is 0.616. The molecule has 1 aliphatic heterocycles. The highest BCUT2D eigenvalue weighted by Gasteiger charge is 2.40. The first-order valence-corrected chi connectivity index (χ1v) is 7.71. The molecule has 2 fully saturated rings. The van der Waals surface area contributed by atoms with Crippen LogP contribution in [0.15, 0.2) is 0 Å².